The lowest BCUT2D eigenvalue weighted by Gasteiger charge is -2.34. The highest BCUT2D eigenvalue weighted by atomic mass is 16.5. The Hall–Kier alpha value is -1.35. The summed E-state index contributed by atoms with van der Waals surface area (Å²) in [5, 5.41) is 0. The number of esters is 1. The summed E-state index contributed by atoms with van der Waals surface area (Å²) in [5.41, 5.74) is 2.19. The first-order chi connectivity index (χ1) is 11.7. The van der Waals surface area contributed by atoms with Crippen LogP contribution in [0.15, 0.2) is 35.5 Å². The largest absolute Gasteiger partial charge is 0.461 e. The molecule has 0 aromatic carbocycles. The molecule has 140 valence electrons. The van der Waals surface area contributed by atoms with Crippen molar-refractivity contribution in [3.8, 4) is 0 Å². The summed E-state index contributed by atoms with van der Waals surface area (Å²) < 4.78 is 11.9. The second-order valence-electron chi connectivity index (χ2n) is 8.18. The first-order valence-corrected chi connectivity index (χ1v) is 9.62. The lowest BCUT2D eigenvalue weighted by Crippen LogP contribution is -2.36. The average molecular weight is 347 g/mol. The normalized spacial score (nSPS) is 32.9. The molecule has 0 unspecified atom stereocenters. The van der Waals surface area contributed by atoms with Crippen LogP contribution in [0.2, 0.25) is 0 Å². The van der Waals surface area contributed by atoms with Gasteiger partial charge in [0.15, 0.2) is 0 Å². The van der Waals surface area contributed by atoms with Crippen molar-refractivity contribution in [1.29, 1.82) is 0 Å². The molecule has 1 fully saturated rings. The number of hydrogen-bond acceptors (Lipinski definition) is 3. The standard InChI is InChI=1S/C22H34O3/c1-17(2)22-13-11-20(16-24-19(4)23)10-6-8-18(3)9-7-12-21(5,25-22)14-15-22/h9-11,13,17H,6-8,12,14-16H2,1-5H3/b13-11?,18-9-,20-10?/t21-,22+/m0/s1. The van der Waals surface area contributed by atoms with Crippen LogP contribution < -0.4 is 0 Å². The first-order valence-electron chi connectivity index (χ1n) is 9.62. The number of allylic oxidation sites excluding steroid dienone is 3. The fourth-order valence-electron chi connectivity index (χ4n) is 3.73. The third-order valence-corrected chi connectivity index (χ3v) is 5.59. The lowest BCUT2D eigenvalue weighted by molar-refractivity contribution is -0.139. The summed E-state index contributed by atoms with van der Waals surface area (Å²) in [6.45, 7) is 10.7. The van der Waals surface area contributed by atoms with Crippen molar-refractivity contribution in [3.63, 3.8) is 0 Å². The van der Waals surface area contributed by atoms with Crippen LogP contribution in [0.3, 0.4) is 0 Å². The second kappa shape index (κ2) is 8.35. The number of rotatable bonds is 3. The molecule has 0 aromatic heterocycles. The number of fused-ring (bicyclic) bond motifs is 2. The Morgan fingerprint density at radius 3 is 2.68 bits per heavy atom. The minimum atomic E-state index is -0.239. The van der Waals surface area contributed by atoms with E-state index in [0.29, 0.717) is 12.5 Å². The van der Waals surface area contributed by atoms with Gasteiger partial charge in [-0.05, 0) is 63.9 Å². The van der Waals surface area contributed by atoms with Crippen molar-refractivity contribution < 1.29 is 14.3 Å². The maximum Gasteiger partial charge on any atom is 0.302 e. The Balaban J connectivity index is 2.30. The molecule has 0 N–H and O–H groups in total. The minimum absolute atomic E-state index is 0.0563. The molecule has 1 saturated heterocycles. The molecule has 2 aliphatic heterocycles. The maximum absolute atomic E-state index is 11.2. The van der Waals surface area contributed by atoms with Crippen molar-refractivity contribution in [1.82, 2.24) is 0 Å². The van der Waals surface area contributed by atoms with E-state index in [1.165, 1.54) is 12.5 Å². The van der Waals surface area contributed by atoms with E-state index in [-0.39, 0.29) is 17.2 Å². The SMILES string of the molecule is CC(=O)OCC1=CCC/C(C)=C\CC[C@@]2(C)CC[C@@](C(C)C)(C=C1)O2. The highest BCUT2D eigenvalue weighted by molar-refractivity contribution is 5.66. The Kier molecular flexibility index (Phi) is 6.67. The summed E-state index contributed by atoms with van der Waals surface area (Å²) in [6.07, 6.45) is 15.2. The van der Waals surface area contributed by atoms with Crippen LogP contribution in [-0.4, -0.2) is 23.8 Å². The quantitative estimate of drug-likeness (QED) is 0.499. The van der Waals surface area contributed by atoms with Gasteiger partial charge in [0.1, 0.15) is 6.61 Å². The van der Waals surface area contributed by atoms with Crippen LogP contribution in [0.25, 0.3) is 0 Å². The molecule has 2 atom stereocenters. The molecule has 3 nitrogen and oxygen atoms in total. The van der Waals surface area contributed by atoms with E-state index in [9.17, 15) is 4.79 Å². The van der Waals surface area contributed by atoms with Gasteiger partial charge in [-0.2, -0.15) is 0 Å². The van der Waals surface area contributed by atoms with Gasteiger partial charge in [-0.25, -0.2) is 0 Å². The fourth-order valence-corrected chi connectivity index (χ4v) is 3.73. The molecule has 2 heterocycles. The summed E-state index contributed by atoms with van der Waals surface area (Å²) in [4.78, 5) is 11.2. The number of carbonyl (C=O) groups excluding carboxylic acids is 1. The van der Waals surface area contributed by atoms with Gasteiger partial charge in [-0.3, -0.25) is 4.79 Å². The molecular weight excluding hydrogens is 312 g/mol. The van der Waals surface area contributed by atoms with Gasteiger partial charge in [0.2, 0.25) is 0 Å². The summed E-state index contributed by atoms with van der Waals surface area (Å²) in [6, 6.07) is 0. The average Bonchev–Trinajstić information content (AvgIpc) is 2.88. The van der Waals surface area contributed by atoms with E-state index in [1.807, 2.05) is 0 Å². The van der Waals surface area contributed by atoms with Crippen molar-refractivity contribution >= 4 is 5.97 Å². The van der Waals surface area contributed by atoms with Crippen LogP contribution in [0.1, 0.15) is 73.1 Å². The van der Waals surface area contributed by atoms with Gasteiger partial charge >= 0.3 is 5.97 Å². The Morgan fingerprint density at radius 2 is 2.00 bits per heavy atom. The van der Waals surface area contributed by atoms with Gasteiger partial charge in [0.05, 0.1) is 11.2 Å². The molecular formula is C22H34O3. The maximum atomic E-state index is 11.2. The molecule has 0 saturated carbocycles. The predicted octanol–water partition coefficient (Wildman–Crippen LogP) is 5.52. The monoisotopic (exact) mass is 346 g/mol. The van der Waals surface area contributed by atoms with Crippen LogP contribution in [0, 0.1) is 5.92 Å². The van der Waals surface area contributed by atoms with Crippen molar-refractivity contribution in [3.05, 3.63) is 35.5 Å². The van der Waals surface area contributed by atoms with E-state index in [1.54, 1.807) is 0 Å². The Bertz CT molecular complexity index is 570. The third-order valence-electron chi connectivity index (χ3n) is 5.59. The van der Waals surface area contributed by atoms with Crippen molar-refractivity contribution in [2.45, 2.75) is 84.3 Å². The molecule has 0 spiro atoms. The zero-order valence-corrected chi connectivity index (χ0v) is 16.6. The van der Waals surface area contributed by atoms with E-state index in [2.05, 4.69) is 52.0 Å². The Morgan fingerprint density at radius 1 is 1.24 bits per heavy atom. The van der Waals surface area contributed by atoms with Gasteiger partial charge in [0, 0.05) is 6.92 Å². The van der Waals surface area contributed by atoms with Crippen molar-refractivity contribution in [2.75, 3.05) is 6.61 Å². The Labute approximate surface area is 153 Å². The fraction of sp³-hybridized carbons (Fsp3) is 0.682. The number of carbonyl (C=O) groups is 1. The predicted molar refractivity (Wildman–Crippen MR) is 102 cm³/mol. The topological polar surface area (TPSA) is 35.5 Å². The van der Waals surface area contributed by atoms with Gasteiger partial charge in [-0.15, -0.1) is 0 Å². The van der Waals surface area contributed by atoms with Gasteiger partial charge in [0.25, 0.3) is 0 Å². The van der Waals surface area contributed by atoms with E-state index in [4.69, 9.17) is 9.47 Å². The molecule has 0 radical (unpaired) electrons. The van der Waals surface area contributed by atoms with E-state index in [0.717, 1.165) is 44.1 Å². The molecule has 2 bridgehead atoms. The summed E-state index contributed by atoms with van der Waals surface area (Å²) in [5.74, 6) is 0.166. The number of ether oxygens (including phenoxy) is 2. The summed E-state index contributed by atoms with van der Waals surface area (Å²) in [7, 11) is 0. The number of hydrogen-bond donors (Lipinski definition) is 0. The van der Waals surface area contributed by atoms with Gasteiger partial charge < -0.3 is 9.47 Å². The molecule has 3 heteroatoms. The van der Waals surface area contributed by atoms with Crippen LogP contribution in [0.5, 0.6) is 0 Å². The minimum Gasteiger partial charge on any atom is -0.461 e. The highest BCUT2D eigenvalue weighted by Crippen LogP contribution is 2.45. The lowest BCUT2D eigenvalue weighted by atomic mass is 9.85. The third kappa shape index (κ3) is 5.57. The van der Waals surface area contributed by atoms with E-state index >= 15 is 0 Å². The second-order valence-corrected chi connectivity index (χ2v) is 8.18. The highest BCUT2D eigenvalue weighted by Gasteiger charge is 2.46. The molecule has 25 heavy (non-hydrogen) atoms. The molecule has 0 aromatic rings. The van der Waals surface area contributed by atoms with Crippen LogP contribution in [-0.2, 0) is 14.3 Å². The molecule has 2 aliphatic rings. The summed E-state index contributed by atoms with van der Waals surface area (Å²) >= 11 is 0. The smallest absolute Gasteiger partial charge is 0.302 e. The van der Waals surface area contributed by atoms with E-state index < -0.39 is 0 Å². The zero-order valence-electron chi connectivity index (χ0n) is 16.6. The van der Waals surface area contributed by atoms with Crippen LogP contribution in [0.4, 0.5) is 0 Å². The van der Waals surface area contributed by atoms with Crippen LogP contribution >= 0.6 is 0 Å². The zero-order chi connectivity index (χ0) is 18.5. The molecule has 0 amide bonds. The molecule has 2 rings (SSSR count). The first kappa shape index (κ1) is 20.0. The van der Waals surface area contributed by atoms with Crippen molar-refractivity contribution in [2.24, 2.45) is 5.92 Å². The molecule has 0 aliphatic carbocycles. The van der Waals surface area contributed by atoms with Gasteiger partial charge in [-0.1, -0.05) is 43.7 Å².